The molecule has 0 bridgehead atoms. The number of ether oxygens (including phenoxy) is 1. The van der Waals surface area contributed by atoms with Crippen molar-refractivity contribution >= 4 is 5.91 Å². The van der Waals surface area contributed by atoms with Gasteiger partial charge < -0.3 is 18.5 Å². The molecule has 0 radical (unpaired) electrons. The average molecular weight is 417 g/mol. The average Bonchev–Trinajstić information content (AvgIpc) is 3.50. The van der Waals surface area contributed by atoms with Gasteiger partial charge >= 0.3 is 0 Å². The Labute approximate surface area is 180 Å². The summed E-state index contributed by atoms with van der Waals surface area (Å²) in [6.07, 6.45) is 2.36. The van der Waals surface area contributed by atoms with E-state index in [-0.39, 0.29) is 12.5 Å². The molecule has 0 saturated heterocycles. The summed E-state index contributed by atoms with van der Waals surface area (Å²) in [5.74, 6) is 1.88. The smallest absolute Gasteiger partial charge is 0.283 e. The number of rotatable bonds is 9. The molecule has 4 aromatic rings. The molecule has 2 aromatic heterocycles. The van der Waals surface area contributed by atoms with Crippen LogP contribution in [0.1, 0.15) is 35.2 Å². The zero-order valence-electron chi connectivity index (χ0n) is 17.2. The number of para-hydroxylation sites is 1. The fourth-order valence-corrected chi connectivity index (χ4v) is 3.11. The maximum Gasteiger partial charge on any atom is 0.283 e. The minimum Gasteiger partial charge on any atom is -0.489 e. The Balaban J connectivity index is 1.40. The van der Waals surface area contributed by atoms with Crippen molar-refractivity contribution in [1.82, 2.24) is 15.1 Å². The number of carbonyl (C=O) groups excluding carboxylic acids is 1. The van der Waals surface area contributed by atoms with Crippen molar-refractivity contribution in [2.24, 2.45) is 0 Å². The second-order valence-electron chi connectivity index (χ2n) is 7.00. The van der Waals surface area contributed by atoms with Crippen molar-refractivity contribution < 1.29 is 18.4 Å². The molecule has 4 rings (SSSR count). The monoisotopic (exact) mass is 417 g/mol. The molecule has 0 atom stereocenters. The van der Waals surface area contributed by atoms with Crippen LogP contribution in [0.2, 0.25) is 0 Å². The minimum atomic E-state index is -0.0878. The molecule has 0 aliphatic rings. The van der Waals surface area contributed by atoms with Gasteiger partial charge in [-0.3, -0.25) is 4.79 Å². The van der Waals surface area contributed by atoms with Gasteiger partial charge in [0, 0.05) is 12.1 Å². The first-order valence-electron chi connectivity index (χ1n) is 10.1. The van der Waals surface area contributed by atoms with Crippen LogP contribution in [0.3, 0.4) is 0 Å². The molecular weight excluding hydrogens is 394 g/mol. The van der Waals surface area contributed by atoms with E-state index < -0.39 is 0 Å². The van der Waals surface area contributed by atoms with Crippen LogP contribution in [-0.2, 0) is 13.2 Å². The zero-order valence-corrected chi connectivity index (χ0v) is 17.2. The van der Waals surface area contributed by atoms with Gasteiger partial charge in [0.05, 0.1) is 12.8 Å². The van der Waals surface area contributed by atoms with Crippen molar-refractivity contribution in [3.63, 3.8) is 0 Å². The number of carbonyl (C=O) groups is 1. The first kappa shape index (κ1) is 20.4. The third kappa shape index (κ3) is 5.19. The molecule has 1 amide bonds. The number of nitrogens with zero attached hydrogens (tertiary/aromatic N) is 3. The highest BCUT2D eigenvalue weighted by atomic mass is 16.5. The van der Waals surface area contributed by atoms with Crippen molar-refractivity contribution in [2.45, 2.75) is 26.5 Å². The molecule has 0 aliphatic carbocycles. The van der Waals surface area contributed by atoms with Gasteiger partial charge in [0.2, 0.25) is 5.89 Å². The Morgan fingerprint density at radius 1 is 1.00 bits per heavy atom. The van der Waals surface area contributed by atoms with E-state index in [1.807, 2.05) is 61.5 Å². The van der Waals surface area contributed by atoms with E-state index in [9.17, 15) is 4.79 Å². The topological polar surface area (TPSA) is 81.6 Å². The molecule has 158 valence electrons. The summed E-state index contributed by atoms with van der Waals surface area (Å²) in [5.41, 5.74) is 1.59. The summed E-state index contributed by atoms with van der Waals surface area (Å²) in [6.45, 7) is 3.27. The van der Waals surface area contributed by atoms with E-state index >= 15 is 0 Å². The van der Waals surface area contributed by atoms with E-state index in [1.165, 1.54) is 0 Å². The third-order valence-electron chi connectivity index (χ3n) is 4.66. The van der Waals surface area contributed by atoms with Gasteiger partial charge in [0.15, 0.2) is 5.76 Å². The lowest BCUT2D eigenvalue weighted by atomic mass is 10.1. The van der Waals surface area contributed by atoms with Crippen molar-refractivity contribution in [3.8, 4) is 17.4 Å². The highest BCUT2D eigenvalue weighted by Gasteiger charge is 2.19. The molecule has 0 N–H and O–H groups in total. The van der Waals surface area contributed by atoms with Crippen LogP contribution in [0.4, 0.5) is 0 Å². The van der Waals surface area contributed by atoms with Crippen LogP contribution in [0, 0.1) is 0 Å². The summed E-state index contributed by atoms with van der Waals surface area (Å²) >= 11 is 0. The van der Waals surface area contributed by atoms with Gasteiger partial charge in [-0.2, -0.15) is 0 Å². The van der Waals surface area contributed by atoms with Crippen LogP contribution < -0.4 is 4.74 Å². The summed E-state index contributed by atoms with van der Waals surface area (Å²) < 4.78 is 16.7. The molecule has 7 heteroatoms. The second-order valence-corrected chi connectivity index (χ2v) is 7.00. The maximum absolute atomic E-state index is 13.1. The SMILES string of the molecule is CCCN(Cc1nnc(-c2ccco2)o1)C(=O)c1ccc(COc2ccccc2)cc1. The van der Waals surface area contributed by atoms with E-state index in [4.69, 9.17) is 13.6 Å². The van der Waals surface area contributed by atoms with Gasteiger partial charge in [0.1, 0.15) is 12.4 Å². The Hall–Kier alpha value is -3.87. The number of aromatic nitrogens is 2. The molecule has 0 unspecified atom stereocenters. The summed E-state index contributed by atoms with van der Waals surface area (Å²) in [5, 5.41) is 8.05. The number of hydrogen-bond acceptors (Lipinski definition) is 6. The lowest BCUT2D eigenvalue weighted by Crippen LogP contribution is -2.31. The van der Waals surface area contributed by atoms with Gasteiger partial charge in [-0.25, -0.2) is 0 Å². The summed E-state index contributed by atoms with van der Waals surface area (Å²) in [4.78, 5) is 14.8. The summed E-state index contributed by atoms with van der Waals surface area (Å²) in [7, 11) is 0. The Morgan fingerprint density at radius 2 is 1.81 bits per heavy atom. The number of furan rings is 1. The Kier molecular flexibility index (Phi) is 6.42. The van der Waals surface area contributed by atoms with E-state index in [2.05, 4.69) is 10.2 Å². The fraction of sp³-hybridized carbons (Fsp3) is 0.208. The lowest BCUT2D eigenvalue weighted by molar-refractivity contribution is 0.0728. The fourth-order valence-electron chi connectivity index (χ4n) is 3.11. The van der Waals surface area contributed by atoms with E-state index in [0.29, 0.717) is 36.3 Å². The van der Waals surface area contributed by atoms with Crippen LogP contribution in [-0.4, -0.2) is 27.5 Å². The third-order valence-corrected chi connectivity index (χ3v) is 4.66. The van der Waals surface area contributed by atoms with Crippen molar-refractivity contribution in [3.05, 3.63) is 90.0 Å². The highest BCUT2D eigenvalue weighted by molar-refractivity contribution is 5.94. The quantitative estimate of drug-likeness (QED) is 0.383. The molecule has 2 heterocycles. The Bertz CT molecular complexity index is 1090. The normalized spacial score (nSPS) is 10.7. The molecule has 2 aromatic carbocycles. The molecule has 0 aliphatic heterocycles. The highest BCUT2D eigenvalue weighted by Crippen LogP contribution is 2.19. The summed E-state index contributed by atoms with van der Waals surface area (Å²) in [6, 6.07) is 20.6. The van der Waals surface area contributed by atoms with Crippen LogP contribution >= 0.6 is 0 Å². The lowest BCUT2D eigenvalue weighted by Gasteiger charge is -2.20. The maximum atomic E-state index is 13.1. The van der Waals surface area contributed by atoms with Gasteiger partial charge in [-0.15, -0.1) is 10.2 Å². The minimum absolute atomic E-state index is 0.0878. The van der Waals surface area contributed by atoms with Gasteiger partial charge in [-0.05, 0) is 48.4 Å². The first-order valence-corrected chi connectivity index (χ1v) is 10.1. The van der Waals surface area contributed by atoms with Crippen molar-refractivity contribution in [1.29, 1.82) is 0 Å². The van der Waals surface area contributed by atoms with Gasteiger partial charge in [-0.1, -0.05) is 37.3 Å². The molecule has 0 spiro atoms. The van der Waals surface area contributed by atoms with Crippen LogP contribution in [0.5, 0.6) is 5.75 Å². The molecule has 31 heavy (non-hydrogen) atoms. The van der Waals surface area contributed by atoms with Gasteiger partial charge in [0.25, 0.3) is 11.8 Å². The Morgan fingerprint density at radius 3 is 2.52 bits per heavy atom. The van der Waals surface area contributed by atoms with E-state index in [1.54, 1.807) is 23.3 Å². The predicted octanol–water partition coefficient (Wildman–Crippen LogP) is 4.96. The number of benzene rings is 2. The molecule has 7 nitrogen and oxygen atoms in total. The van der Waals surface area contributed by atoms with E-state index in [0.717, 1.165) is 17.7 Å². The molecule has 0 saturated carbocycles. The predicted molar refractivity (Wildman–Crippen MR) is 114 cm³/mol. The standard InChI is InChI=1S/C24H23N3O4/c1-2-14-27(16-22-25-26-23(31-22)21-9-6-15-29-21)24(28)19-12-10-18(11-13-19)17-30-20-7-4-3-5-8-20/h3-13,15H,2,14,16-17H2,1H3. The largest absolute Gasteiger partial charge is 0.489 e. The zero-order chi connectivity index (χ0) is 21.5. The number of amides is 1. The first-order chi connectivity index (χ1) is 15.2. The van der Waals surface area contributed by atoms with Crippen LogP contribution in [0.25, 0.3) is 11.7 Å². The van der Waals surface area contributed by atoms with Crippen LogP contribution in [0.15, 0.2) is 81.8 Å². The molecular formula is C24H23N3O4. The second kappa shape index (κ2) is 9.75. The number of hydrogen-bond donors (Lipinski definition) is 0. The van der Waals surface area contributed by atoms with Crippen molar-refractivity contribution in [2.75, 3.05) is 6.54 Å². The molecule has 0 fully saturated rings.